The van der Waals surface area contributed by atoms with Crippen LogP contribution in [-0.4, -0.2) is 31.8 Å². The van der Waals surface area contributed by atoms with Gasteiger partial charge in [0.25, 0.3) is 0 Å². The van der Waals surface area contributed by atoms with Crippen molar-refractivity contribution in [2.45, 2.75) is 38.3 Å². The van der Waals surface area contributed by atoms with E-state index in [4.69, 9.17) is 0 Å². The first-order chi connectivity index (χ1) is 8.96. The smallest absolute Gasteiger partial charge is 0.146 e. The zero-order valence-corrected chi connectivity index (χ0v) is 12.6. The number of halogens is 1. The maximum atomic E-state index is 9.80. The fourth-order valence-corrected chi connectivity index (χ4v) is 2.69. The molecule has 1 saturated carbocycles. The van der Waals surface area contributed by atoms with Crippen molar-refractivity contribution in [3.63, 3.8) is 0 Å². The van der Waals surface area contributed by atoms with Crippen molar-refractivity contribution in [1.82, 2.24) is 14.5 Å². The fraction of sp³-hybridized carbons (Fsp3) is 0.538. The average molecular weight is 325 g/mol. The number of aliphatic hydroxyl groups is 1. The minimum absolute atomic E-state index is 0.445. The van der Waals surface area contributed by atoms with Crippen LogP contribution >= 0.6 is 15.9 Å². The van der Waals surface area contributed by atoms with Crippen LogP contribution in [0.1, 0.15) is 32.7 Å². The van der Waals surface area contributed by atoms with Crippen LogP contribution in [0.4, 0.5) is 5.82 Å². The highest BCUT2D eigenvalue weighted by Crippen LogP contribution is 2.40. The molecule has 0 saturated heterocycles. The first-order valence-corrected chi connectivity index (χ1v) is 7.22. The summed E-state index contributed by atoms with van der Waals surface area (Å²) in [7, 11) is 0. The van der Waals surface area contributed by atoms with Crippen LogP contribution in [-0.2, 0) is 0 Å². The van der Waals surface area contributed by atoms with Crippen LogP contribution in [0.15, 0.2) is 17.0 Å². The van der Waals surface area contributed by atoms with E-state index < -0.39 is 5.60 Å². The summed E-state index contributed by atoms with van der Waals surface area (Å²) < 4.78 is 3.20. The Balaban J connectivity index is 2.00. The third-order valence-corrected chi connectivity index (χ3v) is 3.79. The molecule has 0 radical (unpaired) electrons. The second-order valence-electron chi connectivity index (χ2n) is 5.70. The average Bonchev–Trinajstić information content (AvgIpc) is 3.11. The van der Waals surface area contributed by atoms with Crippen LogP contribution in [0.25, 0.3) is 11.0 Å². The summed E-state index contributed by atoms with van der Waals surface area (Å²) in [4.78, 5) is 8.67. The highest BCUT2D eigenvalue weighted by Gasteiger charge is 2.27. The van der Waals surface area contributed by atoms with Crippen LogP contribution < -0.4 is 5.32 Å². The summed E-state index contributed by atoms with van der Waals surface area (Å²) in [6.07, 6.45) is 6.08. The molecule has 102 valence electrons. The molecule has 0 atom stereocenters. The quantitative estimate of drug-likeness (QED) is 0.907. The first-order valence-electron chi connectivity index (χ1n) is 6.43. The van der Waals surface area contributed by atoms with E-state index in [2.05, 4.69) is 42.0 Å². The van der Waals surface area contributed by atoms with Gasteiger partial charge < -0.3 is 15.0 Å². The number of nitrogens with zero attached hydrogens (tertiary/aromatic N) is 3. The molecule has 5 nitrogen and oxygen atoms in total. The van der Waals surface area contributed by atoms with E-state index in [0.29, 0.717) is 12.6 Å². The van der Waals surface area contributed by atoms with Crippen LogP contribution in [0.2, 0.25) is 0 Å². The van der Waals surface area contributed by atoms with Gasteiger partial charge in [-0.2, -0.15) is 0 Å². The summed E-state index contributed by atoms with van der Waals surface area (Å²) in [5.41, 5.74) is 0.172. The van der Waals surface area contributed by atoms with Crippen molar-refractivity contribution < 1.29 is 5.11 Å². The molecule has 0 bridgehead atoms. The third kappa shape index (κ3) is 2.60. The van der Waals surface area contributed by atoms with Gasteiger partial charge in [0.1, 0.15) is 17.8 Å². The second-order valence-corrected chi connectivity index (χ2v) is 6.56. The van der Waals surface area contributed by atoms with Gasteiger partial charge in [0.05, 0.1) is 11.0 Å². The Morgan fingerprint density at radius 3 is 2.84 bits per heavy atom. The predicted octanol–water partition coefficient (Wildman–Crippen LogP) is 2.71. The Kier molecular flexibility index (Phi) is 3.02. The number of hydrogen-bond donors (Lipinski definition) is 2. The Labute approximate surface area is 120 Å². The molecule has 2 heterocycles. The molecule has 2 aromatic heterocycles. The van der Waals surface area contributed by atoms with Crippen molar-refractivity contribution in [2.75, 3.05) is 11.9 Å². The molecule has 0 aliphatic heterocycles. The molecule has 0 unspecified atom stereocenters. The number of rotatable bonds is 4. The topological polar surface area (TPSA) is 63.0 Å². The highest BCUT2D eigenvalue weighted by molar-refractivity contribution is 9.10. The Bertz CT molecular complexity index is 613. The lowest BCUT2D eigenvalue weighted by Crippen LogP contribution is -2.29. The van der Waals surface area contributed by atoms with Crippen molar-refractivity contribution in [3.8, 4) is 0 Å². The molecule has 0 spiro atoms. The van der Waals surface area contributed by atoms with E-state index in [9.17, 15) is 5.11 Å². The molecule has 6 heteroatoms. The fourth-order valence-electron chi connectivity index (χ4n) is 2.10. The van der Waals surface area contributed by atoms with Crippen LogP contribution in [0, 0.1) is 0 Å². The number of anilines is 1. The Hall–Kier alpha value is -1.14. The summed E-state index contributed by atoms with van der Waals surface area (Å²) in [6, 6.07) is 0.575. The molecule has 1 aliphatic rings. The van der Waals surface area contributed by atoms with Crippen molar-refractivity contribution in [3.05, 3.63) is 17.0 Å². The molecule has 2 aromatic rings. The maximum Gasteiger partial charge on any atom is 0.146 e. The van der Waals surface area contributed by atoms with Gasteiger partial charge in [0.2, 0.25) is 0 Å². The second kappa shape index (κ2) is 4.45. The van der Waals surface area contributed by atoms with Crippen LogP contribution in [0.3, 0.4) is 0 Å². The Morgan fingerprint density at radius 2 is 2.21 bits per heavy atom. The van der Waals surface area contributed by atoms with Gasteiger partial charge in [-0.1, -0.05) is 0 Å². The molecule has 1 aliphatic carbocycles. The number of fused-ring (bicyclic) bond motifs is 1. The molecule has 0 amide bonds. The summed E-state index contributed by atoms with van der Waals surface area (Å²) in [5.74, 6) is 0.762. The van der Waals surface area contributed by atoms with Gasteiger partial charge >= 0.3 is 0 Å². The molecule has 3 rings (SSSR count). The first kappa shape index (κ1) is 12.9. The highest BCUT2D eigenvalue weighted by atomic mass is 79.9. The molecule has 0 aromatic carbocycles. The Morgan fingerprint density at radius 1 is 1.47 bits per heavy atom. The molecule has 1 fully saturated rings. The van der Waals surface area contributed by atoms with Crippen LogP contribution in [0.5, 0.6) is 0 Å². The SMILES string of the molecule is CC(C)(O)CNc1ncnc2c1c(Br)cn2C1CC1. The lowest BCUT2D eigenvalue weighted by molar-refractivity contribution is 0.0944. The molecular weight excluding hydrogens is 308 g/mol. The largest absolute Gasteiger partial charge is 0.389 e. The van der Waals surface area contributed by atoms with E-state index in [1.807, 2.05) is 0 Å². The van der Waals surface area contributed by atoms with Gasteiger partial charge in [0.15, 0.2) is 0 Å². The number of nitrogens with one attached hydrogen (secondary N) is 1. The van der Waals surface area contributed by atoms with Crippen molar-refractivity contribution in [2.24, 2.45) is 0 Å². The van der Waals surface area contributed by atoms with Crippen molar-refractivity contribution in [1.29, 1.82) is 0 Å². The van der Waals surface area contributed by atoms with E-state index in [0.717, 1.165) is 21.3 Å². The lowest BCUT2D eigenvalue weighted by atomic mass is 10.1. The minimum atomic E-state index is -0.775. The van der Waals surface area contributed by atoms with Crippen molar-refractivity contribution >= 4 is 32.8 Å². The normalized spacial score (nSPS) is 16.0. The van der Waals surface area contributed by atoms with E-state index in [1.54, 1.807) is 20.2 Å². The van der Waals surface area contributed by atoms with Gasteiger partial charge in [-0.15, -0.1) is 0 Å². The molecule has 19 heavy (non-hydrogen) atoms. The standard InChI is InChI=1S/C13H17BrN4O/c1-13(2,19)6-15-11-10-9(14)5-18(8-3-4-8)12(10)17-7-16-11/h5,7-8,19H,3-4,6H2,1-2H3,(H,15,16,17). The maximum absolute atomic E-state index is 9.80. The van der Waals surface area contributed by atoms with Gasteiger partial charge in [0, 0.05) is 23.3 Å². The van der Waals surface area contributed by atoms with Gasteiger partial charge in [-0.25, -0.2) is 9.97 Å². The monoisotopic (exact) mass is 324 g/mol. The molecular formula is C13H17BrN4O. The third-order valence-electron chi connectivity index (χ3n) is 3.19. The number of hydrogen-bond acceptors (Lipinski definition) is 4. The summed E-state index contributed by atoms with van der Waals surface area (Å²) in [6.45, 7) is 3.98. The zero-order chi connectivity index (χ0) is 13.6. The van der Waals surface area contributed by atoms with Gasteiger partial charge in [-0.3, -0.25) is 0 Å². The van der Waals surface area contributed by atoms with Gasteiger partial charge in [-0.05, 0) is 42.6 Å². The summed E-state index contributed by atoms with van der Waals surface area (Å²) in [5, 5.41) is 14.0. The molecule has 2 N–H and O–H groups in total. The van der Waals surface area contributed by atoms with E-state index in [-0.39, 0.29) is 0 Å². The number of aromatic nitrogens is 3. The summed E-state index contributed by atoms with van der Waals surface area (Å²) >= 11 is 3.58. The predicted molar refractivity (Wildman–Crippen MR) is 78.3 cm³/mol. The van der Waals surface area contributed by atoms with E-state index >= 15 is 0 Å². The lowest BCUT2D eigenvalue weighted by Gasteiger charge is -2.18. The minimum Gasteiger partial charge on any atom is -0.389 e. The zero-order valence-electron chi connectivity index (χ0n) is 11.0. The van der Waals surface area contributed by atoms with E-state index in [1.165, 1.54) is 12.8 Å².